The summed E-state index contributed by atoms with van der Waals surface area (Å²) < 4.78 is 14.6. The van der Waals surface area contributed by atoms with Gasteiger partial charge < -0.3 is 0 Å². The van der Waals surface area contributed by atoms with Crippen LogP contribution in [0.5, 0.6) is 0 Å². The lowest BCUT2D eigenvalue weighted by atomic mass is 10.1. The average Bonchev–Trinajstić information content (AvgIpc) is 2.30. The average molecular weight is 198 g/mol. The van der Waals surface area contributed by atoms with Crippen LogP contribution in [-0.4, -0.2) is 0 Å². The van der Waals surface area contributed by atoms with Gasteiger partial charge in [-0.1, -0.05) is 70.9 Å². The Morgan fingerprint density at radius 2 is 1.64 bits per heavy atom. The van der Waals surface area contributed by atoms with E-state index >= 15 is 0 Å². The number of unbranched alkanes of at least 4 members (excludes halogenated alkanes) is 7. The third-order valence-corrected chi connectivity index (χ3v) is 2.42. The molecule has 0 aromatic rings. The summed E-state index contributed by atoms with van der Waals surface area (Å²) in [5.41, 5.74) is 0. The molecule has 0 heterocycles. The molecule has 0 radical (unpaired) electrons. The Hall–Kier alpha value is -0.260. The van der Waals surface area contributed by atoms with Crippen molar-refractivity contribution in [3.63, 3.8) is 0 Å². The molecule has 0 aromatic heterocycles. The summed E-state index contributed by atoms with van der Waals surface area (Å²) >= 11 is 0. The van der Waals surface area contributed by atoms with Crippen molar-refractivity contribution in [2.75, 3.05) is 0 Å². The minimum atomic E-state index is 0.452. The van der Waals surface area contributed by atoms with Crippen molar-refractivity contribution < 1.29 is 2.74 Å². The molecule has 0 aliphatic rings. The molecule has 84 valence electrons. The molecule has 0 rings (SSSR count). The van der Waals surface area contributed by atoms with Crippen LogP contribution in [0, 0.1) is 0 Å². The van der Waals surface area contributed by atoms with E-state index in [2.05, 4.69) is 6.92 Å². The molecule has 0 amide bonds. The molecule has 0 spiro atoms. The van der Waals surface area contributed by atoms with Gasteiger partial charge in [0.1, 0.15) is 0 Å². The Balaban J connectivity index is 3.18. The fourth-order valence-electron chi connectivity index (χ4n) is 1.51. The molecule has 0 nitrogen and oxygen atoms in total. The Kier molecular flexibility index (Phi) is 9.34. The zero-order chi connectivity index (χ0) is 12.1. The van der Waals surface area contributed by atoms with E-state index in [0.717, 1.165) is 25.3 Å². The number of hydrogen-bond acceptors (Lipinski definition) is 0. The predicted octanol–water partition coefficient (Wildman–Crippen LogP) is 5.48. The van der Waals surface area contributed by atoms with Gasteiger partial charge in [0.25, 0.3) is 0 Å². The monoisotopic (exact) mass is 198 g/mol. The van der Waals surface area contributed by atoms with E-state index in [1.807, 2.05) is 6.08 Å². The molecule has 14 heavy (non-hydrogen) atoms. The van der Waals surface area contributed by atoms with Gasteiger partial charge in [-0.05, 0) is 19.3 Å². The number of allylic oxidation sites excluding steroid dienone is 2. The highest BCUT2D eigenvalue weighted by molar-refractivity contribution is 4.80. The summed E-state index contributed by atoms with van der Waals surface area (Å²) in [5, 5.41) is 0. The summed E-state index contributed by atoms with van der Waals surface area (Å²) in [6.45, 7) is 2.70. The lowest BCUT2D eigenvalue weighted by molar-refractivity contribution is 0.592. The predicted molar refractivity (Wildman–Crippen MR) is 66.7 cm³/mol. The van der Waals surface area contributed by atoms with Crippen LogP contribution in [0.3, 0.4) is 0 Å². The van der Waals surface area contributed by atoms with Crippen LogP contribution in [0.1, 0.15) is 80.8 Å². The van der Waals surface area contributed by atoms with Crippen molar-refractivity contribution in [2.24, 2.45) is 0 Å². The Bertz CT molecular complexity index is 164. The van der Waals surface area contributed by atoms with Gasteiger partial charge in [-0.3, -0.25) is 0 Å². The summed E-state index contributed by atoms with van der Waals surface area (Å²) in [6.07, 6.45) is 14.1. The van der Waals surface area contributed by atoms with Gasteiger partial charge in [0, 0.05) is 1.37 Å². The van der Waals surface area contributed by atoms with E-state index < -0.39 is 0 Å². The SMILES string of the molecule is [2H]CCC/C([2H])=C\CCCCCCCCC. The maximum absolute atomic E-state index is 7.62. The largest absolute Gasteiger partial charge is 0.0885 e. The lowest BCUT2D eigenvalue weighted by Gasteiger charge is -1.98. The van der Waals surface area contributed by atoms with E-state index in [1.54, 1.807) is 0 Å². The minimum absolute atomic E-state index is 0.452. The summed E-state index contributed by atoms with van der Waals surface area (Å²) in [7, 11) is 0. The Morgan fingerprint density at radius 3 is 2.36 bits per heavy atom. The highest BCUT2D eigenvalue weighted by Crippen LogP contribution is 2.08. The van der Waals surface area contributed by atoms with Crippen molar-refractivity contribution in [3.05, 3.63) is 12.1 Å². The molecule has 0 aromatic carbocycles. The number of rotatable bonds is 10. The van der Waals surface area contributed by atoms with Crippen LogP contribution in [0.2, 0.25) is 0 Å². The molecular formula is C14H28. The third-order valence-electron chi connectivity index (χ3n) is 2.42. The maximum atomic E-state index is 7.62. The molecule has 0 saturated carbocycles. The highest BCUT2D eigenvalue weighted by Gasteiger charge is 1.88. The molecule has 0 N–H and O–H groups in total. The van der Waals surface area contributed by atoms with Crippen molar-refractivity contribution in [2.45, 2.75) is 78.0 Å². The molecule has 0 aliphatic heterocycles. The molecular weight excluding hydrogens is 168 g/mol. The maximum Gasteiger partial charge on any atom is 0.0572 e. The van der Waals surface area contributed by atoms with E-state index in [4.69, 9.17) is 2.74 Å². The highest BCUT2D eigenvalue weighted by atomic mass is 13.9. The lowest BCUT2D eigenvalue weighted by Crippen LogP contribution is -1.78. The Labute approximate surface area is 93.6 Å². The van der Waals surface area contributed by atoms with Gasteiger partial charge >= 0.3 is 0 Å². The standard InChI is InChI=1S/C14H28/c1-3-5-7-9-11-13-14-12-10-8-6-4-2/h7,9H,3-6,8,10-14H2,1-2H3/b9-7-/i1D,7D. The van der Waals surface area contributed by atoms with Gasteiger partial charge in [-0.25, -0.2) is 0 Å². The fraction of sp³-hybridized carbons (Fsp3) is 0.857. The van der Waals surface area contributed by atoms with Gasteiger partial charge in [-0.2, -0.15) is 0 Å². The molecule has 0 saturated heterocycles. The van der Waals surface area contributed by atoms with Gasteiger partial charge in [0.2, 0.25) is 0 Å². The minimum Gasteiger partial charge on any atom is -0.0885 e. The van der Waals surface area contributed by atoms with Crippen molar-refractivity contribution in [1.82, 2.24) is 0 Å². The van der Waals surface area contributed by atoms with Crippen LogP contribution < -0.4 is 0 Å². The van der Waals surface area contributed by atoms with E-state index in [0.29, 0.717) is 6.90 Å². The first-order valence-corrected chi connectivity index (χ1v) is 6.26. The molecule has 0 fully saturated rings. The van der Waals surface area contributed by atoms with Crippen molar-refractivity contribution in [3.8, 4) is 0 Å². The first-order valence-electron chi connectivity index (χ1n) is 7.46. The smallest absolute Gasteiger partial charge is 0.0572 e. The zero-order valence-corrected chi connectivity index (χ0v) is 9.86. The molecule has 0 heteroatoms. The van der Waals surface area contributed by atoms with Crippen LogP contribution >= 0.6 is 0 Å². The molecule has 0 unspecified atom stereocenters. The van der Waals surface area contributed by atoms with Crippen LogP contribution in [-0.2, 0) is 0 Å². The summed E-state index contributed by atoms with van der Waals surface area (Å²) in [5.74, 6) is 0. The fourth-order valence-corrected chi connectivity index (χ4v) is 1.51. The van der Waals surface area contributed by atoms with Gasteiger partial charge in [0.05, 0.1) is 1.37 Å². The zero-order valence-electron chi connectivity index (χ0n) is 11.9. The second-order valence-corrected chi connectivity index (χ2v) is 3.92. The van der Waals surface area contributed by atoms with Crippen LogP contribution in [0.15, 0.2) is 12.1 Å². The second kappa shape index (κ2) is 12.7. The van der Waals surface area contributed by atoms with E-state index in [-0.39, 0.29) is 0 Å². The van der Waals surface area contributed by atoms with E-state index in [1.165, 1.54) is 44.9 Å². The number of hydrogen-bond donors (Lipinski definition) is 0. The van der Waals surface area contributed by atoms with Gasteiger partial charge in [-0.15, -0.1) is 0 Å². The van der Waals surface area contributed by atoms with Crippen molar-refractivity contribution >= 4 is 0 Å². The first-order chi connectivity index (χ1) is 7.81. The third kappa shape index (κ3) is 11.7. The molecule has 0 atom stereocenters. The quantitative estimate of drug-likeness (QED) is 0.322. The van der Waals surface area contributed by atoms with Crippen LogP contribution in [0.25, 0.3) is 0 Å². The van der Waals surface area contributed by atoms with Crippen LogP contribution in [0.4, 0.5) is 0 Å². The Morgan fingerprint density at radius 1 is 0.929 bits per heavy atom. The van der Waals surface area contributed by atoms with E-state index in [9.17, 15) is 0 Å². The normalized spacial score (nSPS) is 13.9. The van der Waals surface area contributed by atoms with Crippen molar-refractivity contribution in [1.29, 1.82) is 0 Å². The first kappa shape index (κ1) is 10.3. The second-order valence-electron chi connectivity index (χ2n) is 3.92. The van der Waals surface area contributed by atoms with Gasteiger partial charge in [0.15, 0.2) is 0 Å². The molecule has 0 bridgehead atoms. The molecule has 0 aliphatic carbocycles. The summed E-state index contributed by atoms with van der Waals surface area (Å²) in [6, 6.07) is 0.734. The topological polar surface area (TPSA) is 0 Å². The summed E-state index contributed by atoms with van der Waals surface area (Å²) in [4.78, 5) is 0.